The van der Waals surface area contributed by atoms with Crippen molar-refractivity contribution in [1.29, 1.82) is 0 Å². The van der Waals surface area contributed by atoms with Gasteiger partial charge in [0.05, 0.1) is 18.5 Å². The van der Waals surface area contributed by atoms with E-state index in [1.54, 1.807) is 17.9 Å². The minimum atomic E-state index is -0.349. The Hall–Kier alpha value is -2.47. The number of carbonyl (C=O) groups is 1. The number of anilines is 1. The molecule has 150 valence electrons. The molecule has 0 saturated carbocycles. The van der Waals surface area contributed by atoms with Crippen LogP contribution in [-0.4, -0.2) is 36.3 Å². The van der Waals surface area contributed by atoms with Crippen molar-refractivity contribution in [3.05, 3.63) is 52.6 Å². The van der Waals surface area contributed by atoms with Gasteiger partial charge >= 0.3 is 0 Å². The third-order valence-corrected chi connectivity index (χ3v) is 5.24. The molecule has 0 radical (unpaired) electrons. The molecule has 1 N–H and O–H groups in total. The minimum Gasteiger partial charge on any atom is -0.496 e. The molecule has 1 aliphatic rings. The zero-order valence-corrected chi connectivity index (χ0v) is 16.9. The van der Waals surface area contributed by atoms with Gasteiger partial charge in [0.1, 0.15) is 11.6 Å². The summed E-state index contributed by atoms with van der Waals surface area (Å²) in [7, 11) is 1.52. The van der Waals surface area contributed by atoms with Gasteiger partial charge in [-0.05, 0) is 36.1 Å². The van der Waals surface area contributed by atoms with Crippen LogP contribution in [0.4, 0.5) is 10.1 Å². The van der Waals surface area contributed by atoms with Crippen molar-refractivity contribution in [3.8, 4) is 5.75 Å². The Morgan fingerprint density at radius 3 is 2.71 bits per heavy atom. The Balaban J connectivity index is 2.09. The largest absolute Gasteiger partial charge is 0.496 e. The van der Waals surface area contributed by atoms with E-state index >= 15 is 0 Å². The summed E-state index contributed by atoms with van der Waals surface area (Å²) >= 11 is 0. The van der Waals surface area contributed by atoms with Crippen molar-refractivity contribution in [3.63, 3.8) is 0 Å². The fraction of sp³-hybridized carbons (Fsp3) is 0.455. The molecular formula is C22H27FN2O3. The number of pyridine rings is 1. The summed E-state index contributed by atoms with van der Waals surface area (Å²) in [4.78, 5) is 18.9. The first-order valence-corrected chi connectivity index (χ1v) is 9.51. The molecule has 0 fully saturated rings. The van der Waals surface area contributed by atoms with Crippen molar-refractivity contribution in [2.24, 2.45) is 0 Å². The monoisotopic (exact) mass is 386 g/mol. The number of carbonyl (C=O) groups excluding carboxylic acids is 1. The fourth-order valence-electron chi connectivity index (χ4n) is 3.81. The highest BCUT2D eigenvalue weighted by atomic mass is 19.1. The lowest BCUT2D eigenvalue weighted by Crippen LogP contribution is -2.32. The molecule has 1 aliphatic heterocycles. The van der Waals surface area contributed by atoms with Gasteiger partial charge in [-0.25, -0.2) is 4.39 Å². The molecule has 2 aromatic rings. The molecule has 0 atom stereocenters. The molecule has 0 spiro atoms. The van der Waals surface area contributed by atoms with E-state index in [0.29, 0.717) is 31.6 Å². The number of methoxy groups -OCH3 is 1. The average Bonchev–Trinajstić information content (AvgIpc) is 2.91. The first-order valence-electron chi connectivity index (χ1n) is 9.51. The summed E-state index contributed by atoms with van der Waals surface area (Å²) < 4.78 is 18.9. The molecule has 1 amide bonds. The molecular weight excluding hydrogens is 359 g/mol. The Morgan fingerprint density at radius 2 is 2.07 bits per heavy atom. The molecule has 1 aromatic heterocycles. The third-order valence-electron chi connectivity index (χ3n) is 5.24. The second-order valence-corrected chi connectivity index (χ2v) is 7.91. The van der Waals surface area contributed by atoms with Gasteiger partial charge in [0.15, 0.2) is 0 Å². The van der Waals surface area contributed by atoms with Crippen LogP contribution in [-0.2, 0) is 23.1 Å². The maximum absolute atomic E-state index is 13.6. The number of aromatic nitrogens is 1. The number of ether oxygens (including phenoxy) is 1. The van der Waals surface area contributed by atoms with Gasteiger partial charge in [0.2, 0.25) is 5.91 Å². The average molecular weight is 386 g/mol. The number of amides is 1. The molecule has 0 aliphatic carbocycles. The van der Waals surface area contributed by atoms with E-state index in [0.717, 1.165) is 28.2 Å². The zero-order valence-electron chi connectivity index (χ0n) is 16.9. The van der Waals surface area contributed by atoms with Crippen LogP contribution in [0.2, 0.25) is 0 Å². The number of rotatable bonds is 6. The van der Waals surface area contributed by atoms with Crippen LogP contribution in [0.25, 0.3) is 0 Å². The Kier molecular flexibility index (Phi) is 5.70. The van der Waals surface area contributed by atoms with E-state index < -0.39 is 0 Å². The number of nitrogens with zero attached hydrogens (tertiary/aromatic N) is 2. The number of aliphatic hydroxyl groups is 1. The molecule has 0 unspecified atom stereocenters. The Morgan fingerprint density at radius 1 is 1.32 bits per heavy atom. The van der Waals surface area contributed by atoms with E-state index in [1.165, 1.54) is 19.2 Å². The van der Waals surface area contributed by atoms with E-state index in [9.17, 15) is 14.3 Å². The lowest BCUT2D eigenvalue weighted by molar-refractivity contribution is -0.116. The van der Waals surface area contributed by atoms with Crippen LogP contribution in [0.1, 0.15) is 49.7 Å². The predicted molar refractivity (Wildman–Crippen MR) is 106 cm³/mol. The van der Waals surface area contributed by atoms with E-state index in [-0.39, 0.29) is 23.7 Å². The smallest absolute Gasteiger partial charge is 0.223 e. The zero-order chi connectivity index (χ0) is 20.5. The molecule has 1 aromatic carbocycles. The molecule has 2 heterocycles. The molecule has 0 bridgehead atoms. The quantitative estimate of drug-likeness (QED) is 0.827. The third kappa shape index (κ3) is 3.87. The number of fused-ring (bicyclic) bond motifs is 1. The summed E-state index contributed by atoms with van der Waals surface area (Å²) in [6.07, 6.45) is 1.76. The van der Waals surface area contributed by atoms with Crippen molar-refractivity contribution < 1.29 is 19.0 Å². The highest BCUT2D eigenvalue weighted by Crippen LogP contribution is 2.41. The number of benzene rings is 1. The number of aryl methyl sites for hydroxylation is 1. The summed E-state index contributed by atoms with van der Waals surface area (Å²) in [5, 5.41) is 9.29. The van der Waals surface area contributed by atoms with Crippen LogP contribution in [0.3, 0.4) is 0 Å². The van der Waals surface area contributed by atoms with E-state index in [4.69, 9.17) is 9.72 Å². The van der Waals surface area contributed by atoms with Gasteiger partial charge in [-0.15, -0.1) is 0 Å². The summed E-state index contributed by atoms with van der Waals surface area (Å²) in [5.74, 6) is 0.122. The number of aliphatic hydroxyl groups excluding tert-OH is 1. The predicted octanol–water partition coefficient (Wildman–Crippen LogP) is 3.39. The van der Waals surface area contributed by atoms with Crippen LogP contribution in [0.5, 0.6) is 5.75 Å². The first-order chi connectivity index (χ1) is 13.3. The van der Waals surface area contributed by atoms with Gasteiger partial charge in [-0.1, -0.05) is 19.9 Å². The minimum absolute atomic E-state index is 0.0120. The lowest BCUT2D eigenvalue weighted by Gasteiger charge is -2.18. The van der Waals surface area contributed by atoms with Gasteiger partial charge in [0, 0.05) is 43.7 Å². The maximum Gasteiger partial charge on any atom is 0.223 e. The van der Waals surface area contributed by atoms with Crippen molar-refractivity contribution in [2.45, 2.75) is 45.4 Å². The highest BCUT2D eigenvalue weighted by Gasteiger charge is 2.39. The first kappa shape index (κ1) is 20.3. The van der Waals surface area contributed by atoms with Crippen molar-refractivity contribution in [1.82, 2.24) is 4.98 Å². The van der Waals surface area contributed by atoms with Crippen molar-refractivity contribution >= 4 is 11.6 Å². The molecule has 6 heteroatoms. The van der Waals surface area contributed by atoms with Gasteiger partial charge in [0.25, 0.3) is 0 Å². The number of hydrogen-bond donors (Lipinski definition) is 1. The van der Waals surface area contributed by atoms with E-state index in [1.807, 2.05) is 6.07 Å². The second kappa shape index (κ2) is 7.87. The number of hydrogen-bond acceptors (Lipinski definition) is 4. The highest BCUT2D eigenvalue weighted by molar-refractivity contribution is 5.94. The van der Waals surface area contributed by atoms with Crippen molar-refractivity contribution in [2.75, 3.05) is 25.2 Å². The SMILES string of the molecule is COc1cc(F)ccc1Cc1cc2c(nc1CCCO)C(C)(C)CN2C(C)=O. The molecule has 28 heavy (non-hydrogen) atoms. The van der Waals surface area contributed by atoms with Gasteiger partial charge in [-0.3, -0.25) is 9.78 Å². The molecule has 5 nitrogen and oxygen atoms in total. The van der Waals surface area contributed by atoms with Crippen LogP contribution >= 0.6 is 0 Å². The van der Waals surface area contributed by atoms with Crippen LogP contribution in [0.15, 0.2) is 24.3 Å². The Bertz CT molecular complexity index is 896. The Labute approximate surface area is 165 Å². The summed E-state index contributed by atoms with van der Waals surface area (Å²) in [6.45, 7) is 6.41. The molecule has 3 rings (SSSR count). The molecule has 0 saturated heterocycles. The van der Waals surface area contributed by atoms with Crippen LogP contribution in [0, 0.1) is 5.82 Å². The van der Waals surface area contributed by atoms with Crippen LogP contribution < -0.4 is 9.64 Å². The lowest BCUT2D eigenvalue weighted by atomic mass is 9.90. The second-order valence-electron chi connectivity index (χ2n) is 7.91. The van der Waals surface area contributed by atoms with E-state index in [2.05, 4.69) is 13.8 Å². The van der Waals surface area contributed by atoms with Gasteiger partial charge in [-0.2, -0.15) is 0 Å². The number of halogens is 1. The fourth-order valence-corrected chi connectivity index (χ4v) is 3.81. The maximum atomic E-state index is 13.6. The van der Waals surface area contributed by atoms with Gasteiger partial charge < -0.3 is 14.7 Å². The topological polar surface area (TPSA) is 62.7 Å². The normalized spacial score (nSPS) is 14.9. The summed E-state index contributed by atoms with van der Waals surface area (Å²) in [6, 6.07) is 6.52. The standard InChI is InChI=1S/C22H27FN2O3/c1-14(27)25-13-22(2,3)21-19(25)11-16(18(24-21)6-5-9-26)10-15-7-8-17(23)12-20(15)28-4/h7-8,11-12,26H,5-6,9-10,13H2,1-4H3. The summed E-state index contributed by atoms with van der Waals surface area (Å²) in [5.41, 5.74) is 4.22.